The lowest BCUT2D eigenvalue weighted by atomic mass is 10.0. The van der Waals surface area contributed by atoms with Crippen molar-refractivity contribution in [1.82, 2.24) is 4.90 Å². The molecule has 4 nitrogen and oxygen atoms in total. The Kier molecular flexibility index (Phi) is 3.60. The molecule has 0 aromatic heterocycles. The first-order valence-electron chi connectivity index (χ1n) is 6.77. The Balaban J connectivity index is 1.85. The fourth-order valence-electron chi connectivity index (χ4n) is 2.23. The van der Waals surface area contributed by atoms with Crippen LogP contribution in [0.5, 0.6) is 0 Å². The van der Waals surface area contributed by atoms with Crippen molar-refractivity contribution >= 4 is 11.7 Å². The smallest absolute Gasteiger partial charge is 0.328 e. The first-order chi connectivity index (χ1) is 10.2. The van der Waals surface area contributed by atoms with E-state index in [4.69, 9.17) is 4.74 Å². The predicted molar refractivity (Wildman–Crippen MR) is 82.4 cm³/mol. The van der Waals surface area contributed by atoms with E-state index >= 15 is 0 Å². The highest BCUT2D eigenvalue weighted by Gasteiger charge is 2.18. The second-order valence-corrected chi connectivity index (χ2v) is 4.82. The first-order valence-corrected chi connectivity index (χ1v) is 6.77. The molecule has 4 heteroatoms. The van der Waals surface area contributed by atoms with Crippen LogP contribution >= 0.6 is 0 Å². The van der Waals surface area contributed by atoms with Gasteiger partial charge in [0, 0.05) is 11.8 Å². The van der Waals surface area contributed by atoms with Gasteiger partial charge in [-0.05, 0) is 18.6 Å². The van der Waals surface area contributed by atoms with Gasteiger partial charge >= 0.3 is 6.03 Å². The van der Waals surface area contributed by atoms with Crippen molar-refractivity contribution in [2.24, 2.45) is 0 Å². The zero-order chi connectivity index (χ0) is 14.7. The summed E-state index contributed by atoms with van der Waals surface area (Å²) in [7, 11) is 0. The van der Waals surface area contributed by atoms with Crippen LogP contribution in [0.3, 0.4) is 0 Å². The van der Waals surface area contributed by atoms with Gasteiger partial charge in [0.15, 0.2) is 6.73 Å². The maximum absolute atomic E-state index is 12.2. The number of anilines is 1. The van der Waals surface area contributed by atoms with Crippen molar-refractivity contribution in [3.63, 3.8) is 0 Å². The molecule has 106 valence electrons. The molecule has 0 unspecified atom stereocenters. The summed E-state index contributed by atoms with van der Waals surface area (Å²) < 4.78 is 5.27. The maximum Gasteiger partial charge on any atom is 0.328 e. The Bertz CT molecular complexity index is 680. The lowest BCUT2D eigenvalue weighted by molar-refractivity contribution is 0.162. The van der Waals surface area contributed by atoms with Crippen molar-refractivity contribution in [2.45, 2.75) is 6.92 Å². The lowest BCUT2D eigenvalue weighted by Crippen LogP contribution is -2.29. The zero-order valence-corrected chi connectivity index (χ0v) is 11.7. The minimum Gasteiger partial charge on any atom is -0.476 e. The molecular formula is C17H16N2O2. The lowest BCUT2D eigenvalue weighted by Gasteiger charge is -2.15. The highest BCUT2D eigenvalue weighted by molar-refractivity contribution is 5.95. The maximum atomic E-state index is 12.2. The van der Waals surface area contributed by atoms with Gasteiger partial charge in [-0.3, -0.25) is 4.90 Å². The fourth-order valence-corrected chi connectivity index (χ4v) is 2.23. The van der Waals surface area contributed by atoms with Gasteiger partial charge in [0.1, 0.15) is 5.76 Å². The largest absolute Gasteiger partial charge is 0.476 e. The number of rotatable bonds is 2. The molecule has 2 amide bonds. The van der Waals surface area contributed by atoms with E-state index in [1.807, 2.05) is 61.5 Å². The Hall–Kier alpha value is -2.75. The molecule has 0 saturated carbocycles. The van der Waals surface area contributed by atoms with Gasteiger partial charge < -0.3 is 10.1 Å². The van der Waals surface area contributed by atoms with Gasteiger partial charge in [0.05, 0.1) is 5.69 Å². The van der Waals surface area contributed by atoms with Crippen LogP contribution in [0.15, 0.2) is 66.6 Å². The molecule has 21 heavy (non-hydrogen) atoms. The summed E-state index contributed by atoms with van der Waals surface area (Å²) >= 11 is 0. The molecule has 1 N–H and O–H groups in total. The van der Waals surface area contributed by atoms with Crippen LogP contribution in [0.25, 0.3) is 11.1 Å². The summed E-state index contributed by atoms with van der Waals surface area (Å²) in [6.45, 7) is 2.08. The number of amides is 2. The molecule has 2 aromatic carbocycles. The average molecular weight is 280 g/mol. The van der Waals surface area contributed by atoms with E-state index in [-0.39, 0.29) is 12.8 Å². The standard InChI is InChI=1S/C17H16N2O2/c1-13-11-19(12-21-13)17(20)18-16-10-6-5-9-15(16)14-7-3-2-4-8-14/h2-11H,12H2,1H3,(H,18,20). The molecule has 0 spiro atoms. The molecule has 1 heterocycles. The quantitative estimate of drug-likeness (QED) is 0.902. The third-order valence-corrected chi connectivity index (χ3v) is 3.28. The van der Waals surface area contributed by atoms with Crippen LogP contribution in [0.1, 0.15) is 6.92 Å². The van der Waals surface area contributed by atoms with Crippen molar-refractivity contribution in [3.8, 4) is 11.1 Å². The molecule has 0 saturated heterocycles. The number of ether oxygens (including phenoxy) is 1. The number of hydrogen-bond acceptors (Lipinski definition) is 2. The molecule has 0 fully saturated rings. The first kappa shape index (κ1) is 13.2. The summed E-state index contributed by atoms with van der Waals surface area (Å²) in [5.41, 5.74) is 2.84. The number of nitrogens with one attached hydrogen (secondary N) is 1. The van der Waals surface area contributed by atoms with Crippen LogP contribution in [-0.4, -0.2) is 17.7 Å². The zero-order valence-electron chi connectivity index (χ0n) is 11.7. The molecule has 2 aromatic rings. The molecule has 0 bridgehead atoms. The van der Waals surface area contributed by atoms with Crippen LogP contribution in [-0.2, 0) is 4.74 Å². The Labute approximate surface area is 123 Å². The highest BCUT2D eigenvalue weighted by Crippen LogP contribution is 2.28. The van der Waals surface area contributed by atoms with E-state index in [1.54, 1.807) is 6.20 Å². The summed E-state index contributed by atoms with van der Waals surface area (Å²) in [6, 6.07) is 17.5. The van der Waals surface area contributed by atoms with E-state index < -0.39 is 0 Å². The van der Waals surface area contributed by atoms with Crippen LogP contribution in [0, 0.1) is 0 Å². The van der Waals surface area contributed by atoms with E-state index in [9.17, 15) is 4.79 Å². The number of carbonyl (C=O) groups is 1. The predicted octanol–water partition coefficient (Wildman–Crippen LogP) is 4.04. The molecule has 1 aliphatic heterocycles. The van der Waals surface area contributed by atoms with Gasteiger partial charge in [-0.15, -0.1) is 0 Å². The van der Waals surface area contributed by atoms with E-state index in [1.165, 1.54) is 4.90 Å². The molecule has 0 radical (unpaired) electrons. The van der Waals surface area contributed by atoms with Crippen molar-refractivity contribution < 1.29 is 9.53 Å². The second kappa shape index (κ2) is 5.71. The van der Waals surface area contributed by atoms with E-state index in [2.05, 4.69) is 5.32 Å². The van der Waals surface area contributed by atoms with Gasteiger partial charge in [-0.1, -0.05) is 48.5 Å². The van der Waals surface area contributed by atoms with Crippen molar-refractivity contribution in [2.75, 3.05) is 12.0 Å². The summed E-state index contributed by atoms with van der Waals surface area (Å²) in [6.07, 6.45) is 1.69. The summed E-state index contributed by atoms with van der Waals surface area (Å²) in [5.74, 6) is 0.737. The molecule has 1 aliphatic rings. The van der Waals surface area contributed by atoms with Gasteiger partial charge in [0.25, 0.3) is 0 Å². The minimum atomic E-state index is -0.199. The van der Waals surface area contributed by atoms with Crippen LogP contribution < -0.4 is 5.32 Å². The Morgan fingerprint density at radius 1 is 1.10 bits per heavy atom. The number of allylic oxidation sites excluding steroid dienone is 1. The fraction of sp³-hybridized carbons (Fsp3) is 0.118. The normalized spacial score (nSPS) is 13.6. The Morgan fingerprint density at radius 2 is 1.81 bits per heavy atom. The number of para-hydroxylation sites is 1. The van der Waals surface area contributed by atoms with Crippen LogP contribution in [0.4, 0.5) is 10.5 Å². The SMILES string of the molecule is CC1=CN(C(=O)Nc2ccccc2-c2ccccc2)CO1. The second-order valence-electron chi connectivity index (χ2n) is 4.82. The number of hydrogen-bond donors (Lipinski definition) is 1. The van der Waals surface area contributed by atoms with E-state index in [0.29, 0.717) is 0 Å². The average Bonchev–Trinajstić information content (AvgIpc) is 2.95. The molecule has 3 rings (SSSR count). The minimum absolute atomic E-state index is 0.199. The molecule has 0 atom stereocenters. The van der Waals surface area contributed by atoms with Crippen molar-refractivity contribution in [3.05, 3.63) is 66.6 Å². The number of nitrogens with zero attached hydrogens (tertiary/aromatic N) is 1. The molecule has 0 aliphatic carbocycles. The number of carbonyl (C=O) groups excluding carboxylic acids is 1. The van der Waals surface area contributed by atoms with E-state index in [0.717, 1.165) is 22.6 Å². The topological polar surface area (TPSA) is 41.6 Å². The third-order valence-electron chi connectivity index (χ3n) is 3.28. The summed E-state index contributed by atoms with van der Waals surface area (Å²) in [4.78, 5) is 13.7. The van der Waals surface area contributed by atoms with Gasteiger partial charge in [-0.2, -0.15) is 0 Å². The monoisotopic (exact) mass is 280 g/mol. The third kappa shape index (κ3) is 2.89. The van der Waals surface area contributed by atoms with Crippen LogP contribution in [0.2, 0.25) is 0 Å². The number of urea groups is 1. The van der Waals surface area contributed by atoms with Gasteiger partial charge in [-0.25, -0.2) is 4.79 Å². The summed E-state index contributed by atoms with van der Waals surface area (Å²) in [5, 5.41) is 2.93. The Morgan fingerprint density at radius 3 is 2.52 bits per heavy atom. The van der Waals surface area contributed by atoms with Crippen molar-refractivity contribution in [1.29, 1.82) is 0 Å². The highest BCUT2D eigenvalue weighted by atomic mass is 16.5. The molecular weight excluding hydrogens is 264 g/mol. The van der Waals surface area contributed by atoms with Gasteiger partial charge in [0.2, 0.25) is 0 Å². The number of benzene rings is 2.